The number of benzene rings is 24. The fourth-order valence-electron chi connectivity index (χ4n) is 24.5. The topological polar surface area (TPSA) is 65.5 Å². The average molecular weight is 1890 g/mol. The van der Waals surface area contributed by atoms with Crippen molar-refractivity contribution in [1.29, 1.82) is 0 Å². The molecule has 30 rings (SSSR count). The Balaban J connectivity index is 0.000000115. The summed E-state index contributed by atoms with van der Waals surface area (Å²) in [5.41, 5.74) is 24.9. The fourth-order valence-corrected chi connectivity index (χ4v) is 24.5. The molecular formula is C139H102N4O4. The van der Waals surface area contributed by atoms with Crippen LogP contribution in [-0.4, -0.2) is 0 Å². The summed E-state index contributed by atoms with van der Waals surface area (Å²) in [6.07, 6.45) is 12.8. The first-order valence-corrected chi connectivity index (χ1v) is 52.0. The molecule has 0 saturated heterocycles. The van der Waals surface area contributed by atoms with Crippen LogP contribution in [-0.2, 0) is 0 Å². The number of aryl methyl sites for hydroxylation is 1. The SMILES string of the molecule is Cc1cccc(N(c2ccc3oc4ccccc4c3c2)c2cc3c4ccccc4ccc3c3ccccc23)c1.c1ccc(N(c2ccc3oc4ccccc4c3c2)c2cc3c4ccc(C5CCCCC5)cc4c(N(c4ccccc4)c4ccc5oc6ccccc6c5c4)cc3c3ccc(C4CCCCC4)cc23)cc1.c1ccc(N(c2ccc3oc4ccccc4c3c2)c2cc3c4ccccc4ccc3c3ccccc23)cc1. The number of furan rings is 4. The van der Waals surface area contributed by atoms with Crippen LogP contribution in [0.15, 0.2) is 485 Å². The van der Waals surface area contributed by atoms with Crippen molar-refractivity contribution in [2.45, 2.75) is 83.0 Å². The van der Waals surface area contributed by atoms with Crippen molar-refractivity contribution in [3.8, 4) is 0 Å². The van der Waals surface area contributed by atoms with Crippen molar-refractivity contribution in [1.82, 2.24) is 0 Å². The molecule has 4 heterocycles. The predicted octanol–water partition coefficient (Wildman–Crippen LogP) is 41.3. The standard InChI is InChI=1S/C66H54N2O2.C37H25NO.C36H23NO/c1-5-17-43(18-6-1)45-29-33-51-55-42-62(68(48-23-11-4-12-24-48)50-32-36-66-60(40-50)54-26-14-16-28-64(54)70-66)58-38-46(44-19-7-2-8-20-44)30-34-52(58)56(55)41-61(57(51)37-45)67(47-21-9-3-10-22-47)49-31-35-65-59(39-49)53-25-13-15-27-63(53)69-65;1-24-9-8-11-26(21-24)38(27-18-20-37-34(22-27)32-15-6-7-16-36(32)39-37)35-23-33-28-12-3-2-10-25(28)17-19-30(33)29-13-4-5-14-31(29)35;1-2-11-25(12-3-1)37(26-19-21-36-33(22-26)31-16-8-9-17-35(31)38-36)34-23-32-27-13-5-4-10-24(27)18-20-29(32)28-14-6-7-15-30(28)34/h3-4,9-16,21-44H,1-2,5-8,17-20H2;2-23H,1H3;1-23H. The predicted molar refractivity (Wildman–Crippen MR) is 621 cm³/mol. The number of fused-ring (bicyclic) bond motifs is 27. The van der Waals surface area contributed by atoms with Crippen LogP contribution in [0.4, 0.5) is 68.2 Å². The number of anilines is 12. The van der Waals surface area contributed by atoms with Gasteiger partial charge in [-0.05, 0) is 319 Å². The molecule has 147 heavy (non-hydrogen) atoms. The molecule has 0 unspecified atom stereocenters. The molecule has 2 saturated carbocycles. The molecule has 0 radical (unpaired) electrons. The minimum atomic E-state index is 0.549. The smallest absolute Gasteiger partial charge is 0.135 e. The first-order chi connectivity index (χ1) is 72.8. The van der Waals surface area contributed by atoms with E-state index in [0.717, 1.165) is 145 Å². The molecule has 0 aliphatic heterocycles. The molecule has 0 N–H and O–H groups in total. The lowest BCUT2D eigenvalue weighted by Gasteiger charge is -2.31. The lowest BCUT2D eigenvalue weighted by atomic mass is 9.82. The van der Waals surface area contributed by atoms with Gasteiger partial charge in [0.15, 0.2) is 0 Å². The van der Waals surface area contributed by atoms with E-state index in [2.05, 4.69) is 469 Å². The summed E-state index contributed by atoms with van der Waals surface area (Å²) in [5.74, 6) is 1.10. The van der Waals surface area contributed by atoms with E-state index in [9.17, 15) is 0 Å². The van der Waals surface area contributed by atoms with Crippen molar-refractivity contribution >= 4 is 253 Å². The minimum Gasteiger partial charge on any atom is -0.456 e. The zero-order valence-corrected chi connectivity index (χ0v) is 81.6. The van der Waals surface area contributed by atoms with Gasteiger partial charge in [0.2, 0.25) is 0 Å². The molecule has 702 valence electrons. The van der Waals surface area contributed by atoms with Crippen LogP contribution >= 0.6 is 0 Å². The van der Waals surface area contributed by atoms with Gasteiger partial charge >= 0.3 is 0 Å². The molecule has 0 bridgehead atoms. The maximum absolute atomic E-state index is 6.41. The quantitative estimate of drug-likeness (QED) is 0.0998. The van der Waals surface area contributed by atoms with E-state index in [1.165, 1.54) is 189 Å². The van der Waals surface area contributed by atoms with Crippen molar-refractivity contribution in [2.24, 2.45) is 0 Å². The number of hydrogen-bond donors (Lipinski definition) is 0. The molecular weight excluding hydrogens is 1790 g/mol. The Labute approximate surface area is 851 Å². The fraction of sp³-hybridized carbons (Fsp3) is 0.0935. The summed E-state index contributed by atoms with van der Waals surface area (Å²) in [5, 5.41) is 31.6. The maximum atomic E-state index is 6.41. The molecule has 2 aliphatic carbocycles. The van der Waals surface area contributed by atoms with E-state index >= 15 is 0 Å². The van der Waals surface area contributed by atoms with Crippen LogP contribution in [0.1, 0.15) is 92.7 Å². The van der Waals surface area contributed by atoms with Gasteiger partial charge in [-0.25, -0.2) is 0 Å². The van der Waals surface area contributed by atoms with Gasteiger partial charge in [-0.1, -0.05) is 324 Å². The normalized spacial score (nSPS) is 13.3. The third-order valence-electron chi connectivity index (χ3n) is 31.5. The summed E-state index contributed by atoms with van der Waals surface area (Å²) in [7, 11) is 0. The first-order valence-electron chi connectivity index (χ1n) is 52.0. The van der Waals surface area contributed by atoms with Gasteiger partial charge in [-0.3, -0.25) is 0 Å². The summed E-state index contributed by atoms with van der Waals surface area (Å²) >= 11 is 0. The van der Waals surface area contributed by atoms with Crippen LogP contribution in [0, 0.1) is 6.92 Å². The monoisotopic (exact) mass is 1890 g/mol. The third kappa shape index (κ3) is 15.3. The summed E-state index contributed by atoms with van der Waals surface area (Å²) < 4.78 is 25.2. The Bertz CT molecular complexity index is 9780. The summed E-state index contributed by atoms with van der Waals surface area (Å²) in [6.45, 7) is 2.15. The minimum absolute atomic E-state index is 0.549. The molecule has 0 amide bonds. The average Bonchev–Trinajstić information content (AvgIpc) is 1.59. The van der Waals surface area contributed by atoms with Gasteiger partial charge in [-0.2, -0.15) is 0 Å². The second-order valence-electron chi connectivity index (χ2n) is 40.1. The van der Waals surface area contributed by atoms with E-state index in [-0.39, 0.29) is 0 Å². The Hall–Kier alpha value is -18.0. The van der Waals surface area contributed by atoms with Crippen LogP contribution in [0.25, 0.3) is 185 Å². The molecule has 8 heteroatoms. The van der Waals surface area contributed by atoms with E-state index in [4.69, 9.17) is 17.7 Å². The molecule has 0 spiro atoms. The molecule has 2 aliphatic rings. The maximum Gasteiger partial charge on any atom is 0.135 e. The van der Waals surface area contributed by atoms with Crippen molar-refractivity contribution in [2.75, 3.05) is 19.6 Å². The molecule has 28 aromatic rings. The molecule has 8 nitrogen and oxygen atoms in total. The number of para-hydroxylation sites is 7. The zero-order chi connectivity index (χ0) is 97.1. The van der Waals surface area contributed by atoms with E-state index < -0.39 is 0 Å². The van der Waals surface area contributed by atoms with Crippen molar-refractivity contribution in [3.05, 3.63) is 484 Å². The van der Waals surface area contributed by atoms with Crippen molar-refractivity contribution < 1.29 is 17.7 Å². The highest BCUT2D eigenvalue weighted by molar-refractivity contribution is 6.28. The van der Waals surface area contributed by atoms with Gasteiger partial charge in [0.1, 0.15) is 44.7 Å². The first kappa shape index (κ1) is 86.9. The van der Waals surface area contributed by atoms with Crippen LogP contribution < -0.4 is 19.6 Å². The number of hydrogen-bond acceptors (Lipinski definition) is 8. The Morgan fingerprint density at radius 2 is 0.408 bits per heavy atom. The van der Waals surface area contributed by atoms with E-state index in [1.54, 1.807) is 0 Å². The highest BCUT2D eigenvalue weighted by Gasteiger charge is 2.30. The molecule has 4 aromatic heterocycles. The zero-order valence-electron chi connectivity index (χ0n) is 81.6. The lowest BCUT2D eigenvalue weighted by Crippen LogP contribution is -2.12. The second-order valence-corrected chi connectivity index (χ2v) is 40.1. The third-order valence-corrected chi connectivity index (χ3v) is 31.5. The Kier molecular flexibility index (Phi) is 21.5. The van der Waals surface area contributed by atoms with Gasteiger partial charge in [-0.15, -0.1) is 0 Å². The van der Waals surface area contributed by atoms with Crippen LogP contribution in [0.3, 0.4) is 0 Å². The molecule has 24 aromatic carbocycles. The Morgan fingerprint density at radius 3 is 0.755 bits per heavy atom. The number of rotatable bonds is 14. The summed E-state index contributed by atoms with van der Waals surface area (Å²) in [4.78, 5) is 9.79. The van der Waals surface area contributed by atoms with E-state index in [0.29, 0.717) is 11.8 Å². The van der Waals surface area contributed by atoms with Crippen LogP contribution in [0.5, 0.6) is 0 Å². The van der Waals surface area contributed by atoms with Gasteiger partial charge < -0.3 is 37.3 Å². The lowest BCUT2D eigenvalue weighted by molar-refractivity contribution is 0.444. The second kappa shape index (κ2) is 36.5. The molecule has 0 atom stereocenters. The number of nitrogens with zero attached hydrogens (tertiary/aromatic N) is 4. The van der Waals surface area contributed by atoms with Crippen molar-refractivity contribution in [3.63, 3.8) is 0 Å². The largest absolute Gasteiger partial charge is 0.456 e. The van der Waals surface area contributed by atoms with Gasteiger partial charge in [0, 0.05) is 110 Å². The highest BCUT2D eigenvalue weighted by Crippen LogP contribution is 2.55. The van der Waals surface area contributed by atoms with E-state index in [1.807, 2.05) is 24.3 Å². The highest BCUT2D eigenvalue weighted by atomic mass is 16.3. The van der Waals surface area contributed by atoms with Gasteiger partial charge in [0.25, 0.3) is 0 Å². The molecule has 2 fully saturated rings. The van der Waals surface area contributed by atoms with Crippen LogP contribution in [0.2, 0.25) is 0 Å². The van der Waals surface area contributed by atoms with Gasteiger partial charge in [0.05, 0.1) is 22.7 Å². The summed E-state index contributed by atoms with van der Waals surface area (Å²) in [6, 6.07) is 170. The Morgan fingerprint density at radius 1 is 0.156 bits per heavy atom.